The zero-order chi connectivity index (χ0) is 8.69. The van der Waals surface area contributed by atoms with Crippen LogP contribution >= 0.6 is 0 Å². The Morgan fingerprint density at radius 1 is 1.09 bits per heavy atom. The Kier molecular flexibility index (Phi) is 6.57. The van der Waals surface area contributed by atoms with Crippen LogP contribution in [-0.4, -0.2) is 26.2 Å². The van der Waals surface area contributed by atoms with E-state index in [0.717, 1.165) is 0 Å². The Hall–Kier alpha value is -0.0800. The minimum Gasteiger partial charge on any atom is -0.317 e. The highest BCUT2D eigenvalue weighted by atomic mass is 14.9. The van der Waals surface area contributed by atoms with Crippen molar-refractivity contribution in [3.8, 4) is 0 Å². The number of hydrogen-bond acceptors (Lipinski definition) is 2. The lowest BCUT2D eigenvalue weighted by Gasteiger charge is -2.16. The van der Waals surface area contributed by atoms with Gasteiger partial charge < -0.3 is 10.6 Å². The van der Waals surface area contributed by atoms with E-state index in [1.807, 2.05) is 14.1 Å². The summed E-state index contributed by atoms with van der Waals surface area (Å²) in [5.41, 5.74) is 0. The monoisotopic (exact) mass is 158 g/mol. The molecule has 2 N–H and O–H groups in total. The number of rotatable bonds is 6. The SMILES string of the molecule is CCC(CCC(C)NC)NC. The molecule has 0 aliphatic rings. The normalized spacial score (nSPS) is 16.4. The summed E-state index contributed by atoms with van der Waals surface area (Å²) in [7, 11) is 4.06. The predicted molar refractivity (Wildman–Crippen MR) is 50.9 cm³/mol. The zero-order valence-corrected chi connectivity index (χ0v) is 8.28. The fourth-order valence-corrected chi connectivity index (χ4v) is 1.15. The zero-order valence-electron chi connectivity index (χ0n) is 8.28. The van der Waals surface area contributed by atoms with E-state index in [2.05, 4.69) is 24.5 Å². The van der Waals surface area contributed by atoms with Crippen molar-refractivity contribution in [2.24, 2.45) is 0 Å². The molecule has 0 aromatic heterocycles. The molecule has 0 aliphatic carbocycles. The van der Waals surface area contributed by atoms with Gasteiger partial charge in [-0.2, -0.15) is 0 Å². The fourth-order valence-electron chi connectivity index (χ4n) is 1.15. The van der Waals surface area contributed by atoms with Crippen LogP contribution in [0.5, 0.6) is 0 Å². The van der Waals surface area contributed by atoms with Crippen molar-refractivity contribution in [1.29, 1.82) is 0 Å². The van der Waals surface area contributed by atoms with E-state index >= 15 is 0 Å². The lowest BCUT2D eigenvalue weighted by atomic mass is 10.1. The highest BCUT2D eigenvalue weighted by Crippen LogP contribution is 2.03. The van der Waals surface area contributed by atoms with Crippen molar-refractivity contribution in [3.05, 3.63) is 0 Å². The first kappa shape index (κ1) is 10.9. The molecule has 2 nitrogen and oxygen atoms in total. The molecule has 2 unspecified atom stereocenters. The Morgan fingerprint density at radius 3 is 2.09 bits per heavy atom. The van der Waals surface area contributed by atoms with Gasteiger partial charge in [-0.15, -0.1) is 0 Å². The second kappa shape index (κ2) is 6.62. The largest absolute Gasteiger partial charge is 0.317 e. The maximum atomic E-state index is 3.30. The van der Waals surface area contributed by atoms with Crippen molar-refractivity contribution >= 4 is 0 Å². The molecule has 2 heteroatoms. The second-order valence-electron chi connectivity index (χ2n) is 3.16. The van der Waals surface area contributed by atoms with Crippen molar-refractivity contribution in [2.45, 2.75) is 45.2 Å². The van der Waals surface area contributed by atoms with Gasteiger partial charge in [-0.05, 0) is 40.3 Å². The van der Waals surface area contributed by atoms with E-state index in [1.54, 1.807) is 0 Å². The molecule has 0 radical (unpaired) electrons. The standard InChI is InChI=1S/C9H22N2/c1-5-9(11-4)7-6-8(2)10-3/h8-11H,5-7H2,1-4H3. The third kappa shape index (κ3) is 5.22. The molecule has 0 spiro atoms. The average molecular weight is 158 g/mol. The van der Waals surface area contributed by atoms with Crippen LogP contribution in [0.25, 0.3) is 0 Å². The summed E-state index contributed by atoms with van der Waals surface area (Å²) in [4.78, 5) is 0. The van der Waals surface area contributed by atoms with Crippen molar-refractivity contribution < 1.29 is 0 Å². The smallest absolute Gasteiger partial charge is 0.00620 e. The molecule has 0 aromatic rings. The summed E-state index contributed by atoms with van der Waals surface area (Å²) in [6.45, 7) is 4.45. The van der Waals surface area contributed by atoms with Gasteiger partial charge in [-0.3, -0.25) is 0 Å². The Balaban J connectivity index is 3.34. The molecule has 0 amide bonds. The molecule has 11 heavy (non-hydrogen) atoms. The molecule has 0 heterocycles. The van der Waals surface area contributed by atoms with Crippen LogP contribution < -0.4 is 10.6 Å². The maximum absolute atomic E-state index is 3.30. The Morgan fingerprint density at radius 2 is 1.73 bits per heavy atom. The first-order valence-electron chi connectivity index (χ1n) is 4.59. The van der Waals surface area contributed by atoms with Gasteiger partial charge in [-0.25, -0.2) is 0 Å². The van der Waals surface area contributed by atoms with Crippen LogP contribution in [0.1, 0.15) is 33.1 Å². The molecule has 0 aromatic carbocycles. The predicted octanol–water partition coefficient (Wildman–Crippen LogP) is 1.37. The molecular weight excluding hydrogens is 136 g/mol. The molecule has 68 valence electrons. The van der Waals surface area contributed by atoms with E-state index in [9.17, 15) is 0 Å². The summed E-state index contributed by atoms with van der Waals surface area (Å²) in [6.07, 6.45) is 3.76. The summed E-state index contributed by atoms with van der Waals surface area (Å²) < 4.78 is 0. The topological polar surface area (TPSA) is 24.1 Å². The second-order valence-corrected chi connectivity index (χ2v) is 3.16. The van der Waals surface area contributed by atoms with E-state index < -0.39 is 0 Å². The van der Waals surface area contributed by atoms with Gasteiger partial charge in [0.1, 0.15) is 0 Å². The minimum atomic E-state index is 0.650. The molecule has 0 fully saturated rings. The van der Waals surface area contributed by atoms with Crippen LogP contribution in [0.2, 0.25) is 0 Å². The lowest BCUT2D eigenvalue weighted by Crippen LogP contribution is -2.28. The van der Waals surface area contributed by atoms with Crippen LogP contribution in [0.15, 0.2) is 0 Å². The highest BCUT2D eigenvalue weighted by molar-refractivity contribution is 4.66. The maximum Gasteiger partial charge on any atom is 0.00620 e. The number of hydrogen-bond donors (Lipinski definition) is 2. The van der Waals surface area contributed by atoms with Gasteiger partial charge in [0.25, 0.3) is 0 Å². The quantitative estimate of drug-likeness (QED) is 0.610. The first-order valence-corrected chi connectivity index (χ1v) is 4.59. The molecular formula is C9H22N2. The summed E-state index contributed by atoms with van der Waals surface area (Å²) >= 11 is 0. The van der Waals surface area contributed by atoms with Crippen LogP contribution in [0, 0.1) is 0 Å². The fraction of sp³-hybridized carbons (Fsp3) is 1.00. The Bertz CT molecular complexity index is 79.6. The summed E-state index contributed by atoms with van der Waals surface area (Å²) in [6, 6.07) is 1.35. The third-order valence-corrected chi connectivity index (χ3v) is 2.34. The first-order chi connectivity index (χ1) is 5.24. The van der Waals surface area contributed by atoms with Gasteiger partial charge in [0, 0.05) is 12.1 Å². The molecule has 0 saturated carbocycles. The van der Waals surface area contributed by atoms with Crippen LogP contribution in [0.3, 0.4) is 0 Å². The molecule has 0 aliphatic heterocycles. The molecule has 2 atom stereocenters. The highest BCUT2D eigenvalue weighted by Gasteiger charge is 2.04. The van der Waals surface area contributed by atoms with Crippen molar-refractivity contribution in [2.75, 3.05) is 14.1 Å². The third-order valence-electron chi connectivity index (χ3n) is 2.34. The van der Waals surface area contributed by atoms with E-state index in [4.69, 9.17) is 0 Å². The van der Waals surface area contributed by atoms with Gasteiger partial charge in [-0.1, -0.05) is 6.92 Å². The van der Waals surface area contributed by atoms with Crippen molar-refractivity contribution in [1.82, 2.24) is 10.6 Å². The minimum absolute atomic E-state index is 0.650. The van der Waals surface area contributed by atoms with E-state index in [0.29, 0.717) is 12.1 Å². The van der Waals surface area contributed by atoms with Gasteiger partial charge in [0.15, 0.2) is 0 Å². The number of nitrogens with one attached hydrogen (secondary N) is 2. The summed E-state index contributed by atoms with van der Waals surface area (Å²) in [5.74, 6) is 0. The summed E-state index contributed by atoms with van der Waals surface area (Å²) in [5, 5.41) is 6.54. The van der Waals surface area contributed by atoms with E-state index in [1.165, 1.54) is 19.3 Å². The van der Waals surface area contributed by atoms with E-state index in [-0.39, 0.29) is 0 Å². The molecule has 0 saturated heterocycles. The Labute approximate surface area is 70.8 Å². The molecule has 0 rings (SSSR count). The van der Waals surface area contributed by atoms with Crippen LogP contribution in [-0.2, 0) is 0 Å². The van der Waals surface area contributed by atoms with Gasteiger partial charge in [0.05, 0.1) is 0 Å². The molecule has 0 bridgehead atoms. The van der Waals surface area contributed by atoms with Gasteiger partial charge >= 0.3 is 0 Å². The van der Waals surface area contributed by atoms with Crippen molar-refractivity contribution in [3.63, 3.8) is 0 Å². The van der Waals surface area contributed by atoms with Crippen LogP contribution in [0.4, 0.5) is 0 Å². The van der Waals surface area contributed by atoms with Gasteiger partial charge in [0.2, 0.25) is 0 Å². The average Bonchev–Trinajstić information content (AvgIpc) is 2.06. The lowest BCUT2D eigenvalue weighted by molar-refractivity contribution is 0.446.